The van der Waals surface area contributed by atoms with E-state index in [1.165, 1.54) is 30.4 Å². The third-order valence-corrected chi connectivity index (χ3v) is 4.21. The van der Waals surface area contributed by atoms with Crippen LogP contribution in [0.5, 0.6) is 5.75 Å². The Morgan fingerprint density at radius 3 is 2.83 bits per heavy atom. The zero-order chi connectivity index (χ0) is 13.2. The summed E-state index contributed by atoms with van der Waals surface area (Å²) in [6, 6.07) is 6.97. The minimum Gasteiger partial charge on any atom is -0.497 e. The zero-order valence-electron chi connectivity index (χ0n) is 12.0. The van der Waals surface area contributed by atoms with Gasteiger partial charge in [-0.25, -0.2) is 0 Å². The smallest absolute Gasteiger partial charge is 0.119 e. The van der Waals surface area contributed by atoms with E-state index in [0.29, 0.717) is 11.5 Å². The second-order valence-corrected chi connectivity index (χ2v) is 6.05. The number of fused-ring (bicyclic) bond motifs is 1. The third-order valence-electron chi connectivity index (χ3n) is 4.21. The van der Waals surface area contributed by atoms with Gasteiger partial charge in [-0.05, 0) is 47.9 Å². The summed E-state index contributed by atoms with van der Waals surface area (Å²) in [6.45, 7) is 7.97. The number of rotatable bonds is 5. The fourth-order valence-corrected chi connectivity index (χ4v) is 2.44. The van der Waals surface area contributed by atoms with Crippen molar-refractivity contribution in [3.8, 4) is 5.75 Å². The van der Waals surface area contributed by atoms with Gasteiger partial charge in [-0.1, -0.05) is 26.8 Å². The molecule has 0 spiro atoms. The number of hydrogen-bond donors (Lipinski definition) is 1. The molecule has 0 aromatic heterocycles. The molecule has 0 bridgehead atoms. The lowest BCUT2D eigenvalue weighted by molar-refractivity contribution is 0.308. The van der Waals surface area contributed by atoms with E-state index in [9.17, 15) is 0 Å². The third kappa shape index (κ3) is 2.86. The van der Waals surface area contributed by atoms with Gasteiger partial charge in [0.25, 0.3) is 0 Å². The Labute approximate surface area is 111 Å². The summed E-state index contributed by atoms with van der Waals surface area (Å²) in [7, 11) is 1.74. The fourth-order valence-electron chi connectivity index (χ4n) is 2.44. The second kappa shape index (κ2) is 5.31. The van der Waals surface area contributed by atoms with Crippen LogP contribution in [0.15, 0.2) is 18.2 Å². The molecule has 0 aliphatic heterocycles. The van der Waals surface area contributed by atoms with E-state index < -0.39 is 0 Å². The maximum Gasteiger partial charge on any atom is 0.119 e. The molecule has 1 aromatic carbocycles. The molecule has 2 nitrogen and oxygen atoms in total. The first kappa shape index (κ1) is 13.4. The molecule has 0 fully saturated rings. The molecule has 2 rings (SSSR count). The summed E-state index contributed by atoms with van der Waals surface area (Å²) in [6.07, 6.45) is 3.60. The van der Waals surface area contributed by atoms with Gasteiger partial charge in [0, 0.05) is 12.6 Å². The molecule has 0 saturated heterocycles. The summed E-state index contributed by atoms with van der Waals surface area (Å²) < 4.78 is 5.33. The fraction of sp³-hybridized carbons (Fsp3) is 0.625. The first-order chi connectivity index (χ1) is 8.55. The summed E-state index contributed by atoms with van der Waals surface area (Å²) in [4.78, 5) is 0. The molecule has 1 aliphatic carbocycles. The molecule has 1 aliphatic rings. The van der Waals surface area contributed by atoms with Gasteiger partial charge in [-0.3, -0.25) is 0 Å². The Bertz CT molecular complexity index is 412. The first-order valence-corrected chi connectivity index (χ1v) is 6.96. The van der Waals surface area contributed by atoms with Crippen molar-refractivity contribution in [3.05, 3.63) is 29.3 Å². The molecule has 100 valence electrons. The van der Waals surface area contributed by atoms with Gasteiger partial charge in [-0.15, -0.1) is 0 Å². The average Bonchev–Trinajstić information content (AvgIpc) is 2.78. The molecule has 1 atom stereocenters. The van der Waals surface area contributed by atoms with E-state index in [0.717, 1.165) is 12.3 Å². The van der Waals surface area contributed by atoms with Crippen LogP contribution in [-0.2, 0) is 6.42 Å². The molecule has 1 unspecified atom stereocenters. The Morgan fingerprint density at radius 1 is 1.39 bits per heavy atom. The van der Waals surface area contributed by atoms with Crippen molar-refractivity contribution in [2.75, 3.05) is 13.7 Å². The summed E-state index contributed by atoms with van der Waals surface area (Å²) in [5.41, 5.74) is 3.28. The van der Waals surface area contributed by atoms with Crippen LogP contribution in [0.25, 0.3) is 0 Å². The highest BCUT2D eigenvalue weighted by Crippen LogP contribution is 2.34. The van der Waals surface area contributed by atoms with E-state index in [2.05, 4.69) is 44.3 Å². The minimum absolute atomic E-state index is 0.377. The zero-order valence-corrected chi connectivity index (χ0v) is 12.0. The lowest BCUT2D eigenvalue weighted by atomic mass is 9.90. The Kier molecular flexibility index (Phi) is 3.96. The van der Waals surface area contributed by atoms with E-state index >= 15 is 0 Å². The quantitative estimate of drug-likeness (QED) is 0.856. The van der Waals surface area contributed by atoms with Gasteiger partial charge in [0.1, 0.15) is 5.75 Å². The van der Waals surface area contributed by atoms with Crippen molar-refractivity contribution < 1.29 is 4.74 Å². The highest BCUT2D eigenvalue weighted by molar-refractivity contribution is 5.40. The van der Waals surface area contributed by atoms with E-state index in [1.54, 1.807) is 7.11 Å². The lowest BCUT2D eigenvalue weighted by Crippen LogP contribution is -2.31. The standard InChI is InChI=1S/C16H25NO/c1-5-16(2,3)11-17-15-9-7-12-6-8-13(18-4)10-14(12)15/h6,8,10,15,17H,5,7,9,11H2,1-4H3. The summed E-state index contributed by atoms with van der Waals surface area (Å²) in [5.74, 6) is 0.970. The second-order valence-electron chi connectivity index (χ2n) is 6.05. The van der Waals surface area contributed by atoms with Gasteiger partial charge >= 0.3 is 0 Å². The Hall–Kier alpha value is -1.02. The van der Waals surface area contributed by atoms with Crippen molar-refractivity contribution >= 4 is 0 Å². The van der Waals surface area contributed by atoms with Gasteiger partial charge < -0.3 is 10.1 Å². The van der Waals surface area contributed by atoms with Crippen LogP contribution in [0.2, 0.25) is 0 Å². The van der Waals surface area contributed by atoms with Gasteiger partial charge in [0.15, 0.2) is 0 Å². The van der Waals surface area contributed by atoms with E-state index in [-0.39, 0.29) is 0 Å². The molecule has 1 N–H and O–H groups in total. The maximum atomic E-state index is 5.33. The van der Waals surface area contributed by atoms with Crippen molar-refractivity contribution in [2.24, 2.45) is 5.41 Å². The topological polar surface area (TPSA) is 21.3 Å². The molecular weight excluding hydrogens is 222 g/mol. The van der Waals surface area contributed by atoms with Crippen LogP contribution in [0.4, 0.5) is 0 Å². The van der Waals surface area contributed by atoms with Crippen LogP contribution in [0, 0.1) is 5.41 Å². The van der Waals surface area contributed by atoms with Gasteiger partial charge in [0.2, 0.25) is 0 Å². The highest BCUT2D eigenvalue weighted by Gasteiger charge is 2.24. The predicted molar refractivity (Wildman–Crippen MR) is 76.1 cm³/mol. The SMILES string of the molecule is CCC(C)(C)CNC1CCc2ccc(OC)cc21. The van der Waals surface area contributed by atoms with Crippen molar-refractivity contribution in [1.29, 1.82) is 0 Å². The number of nitrogens with one attached hydrogen (secondary N) is 1. The van der Waals surface area contributed by atoms with Crippen LogP contribution < -0.4 is 10.1 Å². The monoisotopic (exact) mass is 247 g/mol. The van der Waals surface area contributed by atoms with Crippen molar-refractivity contribution in [3.63, 3.8) is 0 Å². The van der Waals surface area contributed by atoms with Crippen LogP contribution in [0.3, 0.4) is 0 Å². The van der Waals surface area contributed by atoms with Crippen LogP contribution in [0.1, 0.15) is 50.8 Å². The van der Waals surface area contributed by atoms with Crippen LogP contribution in [-0.4, -0.2) is 13.7 Å². The van der Waals surface area contributed by atoms with E-state index in [4.69, 9.17) is 4.74 Å². The molecule has 0 saturated carbocycles. The predicted octanol–water partition coefficient (Wildman–Crippen LogP) is 3.71. The van der Waals surface area contributed by atoms with Gasteiger partial charge in [0.05, 0.1) is 7.11 Å². The lowest BCUT2D eigenvalue weighted by Gasteiger charge is -2.26. The molecule has 0 radical (unpaired) electrons. The molecule has 18 heavy (non-hydrogen) atoms. The largest absolute Gasteiger partial charge is 0.497 e. The van der Waals surface area contributed by atoms with Crippen molar-refractivity contribution in [2.45, 2.75) is 46.1 Å². The molecule has 2 heteroatoms. The molecular formula is C16H25NO. The molecule has 0 amide bonds. The van der Waals surface area contributed by atoms with E-state index in [1.807, 2.05) is 0 Å². The van der Waals surface area contributed by atoms with Crippen LogP contribution >= 0.6 is 0 Å². The summed E-state index contributed by atoms with van der Waals surface area (Å²) in [5, 5.41) is 3.72. The average molecular weight is 247 g/mol. The number of aryl methyl sites for hydroxylation is 1. The Balaban J connectivity index is 2.06. The Morgan fingerprint density at radius 2 is 2.17 bits per heavy atom. The normalized spacial score (nSPS) is 18.8. The number of ether oxygens (including phenoxy) is 1. The maximum absolute atomic E-state index is 5.33. The summed E-state index contributed by atoms with van der Waals surface area (Å²) >= 11 is 0. The molecule has 0 heterocycles. The minimum atomic E-state index is 0.377. The number of methoxy groups -OCH3 is 1. The first-order valence-electron chi connectivity index (χ1n) is 6.96. The van der Waals surface area contributed by atoms with Crippen molar-refractivity contribution in [1.82, 2.24) is 5.32 Å². The highest BCUT2D eigenvalue weighted by atomic mass is 16.5. The number of benzene rings is 1. The number of hydrogen-bond acceptors (Lipinski definition) is 2. The molecule has 1 aromatic rings. The van der Waals surface area contributed by atoms with Gasteiger partial charge in [-0.2, -0.15) is 0 Å².